The van der Waals surface area contributed by atoms with Crippen LogP contribution in [0.2, 0.25) is 0 Å². The van der Waals surface area contributed by atoms with Crippen LogP contribution in [0.3, 0.4) is 0 Å². The number of aliphatic hydroxyl groups is 2. The maximum Gasteiger partial charge on any atom is 0.249 e. The molecule has 0 aliphatic rings. The standard InChI is InChI=1S/C11H12N2O3/c1-6-2-3-7(5-12)4-8(6)9(14)10(15)11(13)16/h2-4,9-10,14-15H,1H3,(H2,13,16). The van der Waals surface area contributed by atoms with E-state index in [2.05, 4.69) is 0 Å². The molecule has 84 valence electrons. The van der Waals surface area contributed by atoms with E-state index < -0.39 is 18.1 Å². The van der Waals surface area contributed by atoms with E-state index >= 15 is 0 Å². The van der Waals surface area contributed by atoms with E-state index in [-0.39, 0.29) is 0 Å². The molecule has 0 aliphatic heterocycles. The first-order valence-electron chi connectivity index (χ1n) is 4.63. The molecule has 0 aliphatic carbocycles. The number of aryl methyl sites for hydroxylation is 1. The predicted molar refractivity (Wildman–Crippen MR) is 56.1 cm³/mol. The molecule has 16 heavy (non-hydrogen) atoms. The van der Waals surface area contributed by atoms with Crippen molar-refractivity contribution in [2.45, 2.75) is 19.1 Å². The number of nitriles is 1. The average Bonchev–Trinajstić information content (AvgIpc) is 2.27. The molecule has 1 rings (SSSR count). The Morgan fingerprint density at radius 1 is 1.50 bits per heavy atom. The topological polar surface area (TPSA) is 107 Å². The Labute approximate surface area is 92.7 Å². The van der Waals surface area contributed by atoms with Crippen LogP contribution in [0.5, 0.6) is 0 Å². The van der Waals surface area contributed by atoms with Crippen molar-refractivity contribution in [3.8, 4) is 6.07 Å². The van der Waals surface area contributed by atoms with Gasteiger partial charge >= 0.3 is 0 Å². The number of primary amides is 1. The van der Waals surface area contributed by atoms with Crippen LogP contribution in [0.4, 0.5) is 0 Å². The minimum Gasteiger partial charge on any atom is -0.385 e. The molecule has 1 amide bonds. The van der Waals surface area contributed by atoms with Crippen molar-refractivity contribution in [1.29, 1.82) is 5.26 Å². The Bertz CT molecular complexity index is 451. The molecule has 0 heterocycles. The number of amides is 1. The number of carbonyl (C=O) groups excluding carboxylic acids is 1. The lowest BCUT2D eigenvalue weighted by atomic mass is 9.97. The van der Waals surface area contributed by atoms with Gasteiger partial charge in [0.25, 0.3) is 0 Å². The third kappa shape index (κ3) is 2.37. The SMILES string of the molecule is Cc1ccc(C#N)cc1C(O)C(O)C(N)=O. The normalized spacial score (nSPS) is 13.9. The summed E-state index contributed by atoms with van der Waals surface area (Å²) in [7, 11) is 0. The van der Waals surface area contributed by atoms with Crippen LogP contribution in [0, 0.1) is 18.3 Å². The van der Waals surface area contributed by atoms with Crippen LogP contribution in [0.1, 0.15) is 22.8 Å². The molecule has 4 N–H and O–H groups in total. The van der Waals surface area contributed by atoms with Crippen LogP contribution in [-0.2, 0) is 4.79 Å². The zero-order chi connectivity index (χ0) is 12.3. The lowest BCUT2D eigenvalue weighted by molar-refractivity contribution is -0.132. The van der Waals surface area contributed by atoms with E-state index in [0.717, 1.165) is 0 Å². The van der Waals surface area contributed by atoms with Gasteiger partial charge in [0.15, 0.2) is 6.10 Å². The van der Waals surface area contributed by atoms with E-state index in [1.165, 1.54) is 6.07 Å². The number of hydrogen-bond donors (Lipinski definition) is 3. The van der Waals surface area contributed by atoms with Crippen LogP contribution in [-0.4, -0.2) is 22.2 Å². The molecule has 1 aromatic rings. The molecule has 2 atom stereocenters. The summed E-state index contributed by atoms with van der Waals surface area (Å²) < 4.78 is 0. The first-order valence-corrected chi connectivity index (χ1v) is 4.63. The zero-order valence-electron chi connectivity index (χ0n) is 8.71. The van der Waals surface area contributed by atoms with Gasteiger partial charge in [-0.3, -0.25) is 4.79 Å². The summed E-state index contributed by atoms with van der Waals surface area (Å²) in [5.41, 5.74) is 6.22. The third-order valence-electron chi connectivity index (χ3n) is 2.32. The lowest BCUT2D eigenvalue weighted by Gasteiger charge is -2.17. The fourth-order valence-corrected chi connectivity index (χ4v) is 1.35. The summed E-state index contributed by atoms with van der Waals surface area (Å²) >= 11 is 0. The Morgan fingerprint density at radius 3 is 2.62 bits per heavy atom. The second-order valence-corrected chi connectivity index (χ2v) is 3.48. The van der Waals surface area contributed by atoms with Crippen molar-refractivity contribution in [3.05, 3.63) is 34.9 Å². The molecule has 2 unspecified atom stereocenters. The van der Waals surface area contributed by atoms with Gasteiger partial charge in [0.1, 0.15) is 6.10 Å². The van der Waals surface area contributed by atoms with Gasteiger partial charge in [-0.1, -0.05) is 6.07 Å². The van der Waals surface area contributed by atoms with Gasteiger partial charge < -0.3 is 15.9 Å². The summed E-state index contributed by atoms with van der Waals surface area (Å²) in [6.45, 7) is 1.70. The van der Waals surface area contributed by atoms with Crippen molar-refractivity contribution in [2.75, 3.05) is 0 Å². The van der Waals surface area contributed by atoms with Crippen LogP contribution < -0.4 is 5.73 Å². The monoisotopic (exact) mass is 220 g/mol. The molecule has 0 saturated carbocycles. The zero-order valence-corrected chi connectivity index (χ0v) is 8.71. The fourth-order valence-electron chi connectivity index (χ4n) is 1.35. The summed E-state index contributed by atoms with van der Waals surface area (Å²) in [5, 5.41) is 27.7. The highest BCUT2D eigenvalue weighted by atomic mass is 16.3. The van der Waals surface area contributed by atoms with Crippen molar-refractivity contribution in [3.63, 3.8) is 0 Å². The average molecular weight is 220 g/mol. The number of nitrogens with zero attached hydrogens (tertiary/aromatic N) is 1. The summed E-state index contributed by atoms with van der Waals surface area (Å²) in [4.78, 5) is 10.7. The van der Waals surface area contributed by atoms with E-state index in [9.17, 15) is 15.0 Å². The molecule has 0 radical (unpaired) electrons. The first-order chi connectivity index (χ1) is 7.47. The highest BCUT2D eigenvalue weighted by Crippen LogP contribution is 2.22. The molecule has 0 saturated heterocycles. The fraction of sp³-hybridized carbons (Fsp3) is 0.273. The van der Waals surface area contributed by atoms with Gasteiger partial charge in [0.2, 0.25) is 5.91 Å². The Morgan fingerprint density at radius 2 is 2.12 bits per heavy atom. The highest BCUT2D eigenvalue weighted by molar-refractivity contribution is 5.79. The molecule has 0 fully saturated rings. The number of aliphatic hydroxyl groups excluding tert-OH is 2. The molecular formula is C11H12N2O3. The van der Waals surface area contributed by atoms with E-state index in [1.807, 2.05) is 6.07 Å². The maximum atomic E-state index is 10.7. The Hall–Kier alpha value is -1.90. The smallest absolute Gasteiger partial charge is 0.249 e. The van der Waals surface area contributed by atoms with Crippen molar-refractivity contribution in [2.24, 2.45) is 5.73 Å². The van der Waals surface area contributed by atoms with E-state index in [4.69, 9.17) is 11.0 Å². The summed E-state index contributed by atoms with van der Waals surface area (Å²) in [5.74, 6) is -1.01. The van der Waals surface area contributed by atoms with Crippen molar-refractivity contribution in [1.82, 2.24) is 0 Å². The number of carbonyl (C=O) groups is 1. The number of benzene rings is 1. The summed E-state index contributed by atoms with van der Waals surface area (Å²) in [6, 6.07) is 6.55. The Kier molecular flexibility index (Phi) is 3.61. The molecular weight excluding hydrogens is 208 g/mol. The minimum atomic E-state index is -1.67. The quantitative estimate of drug-likeness (QED) is 0.652. The number of rotatable bonds is 3. The molecule has 5 nitrogen and oxygen atoms in total. The summed E-state index contributed by atoms with van der Waals surface area (Å²) in [6.07, 6.45) is -3.08. The second kappa shape index (κ2) is 4.75. The van der Waals surface area contributed by atoms with Crippen LogP contribution in [0.15, 0.2) is 18.2 Å². The van der Waals surface area contributed by atoms with Crippen molar-refractivity contribution < 1.29 is 15.0 Å². The van der Waals surface area contributed by atoms with Gasteiger partial charge in [-0.15, -0.1) is 0 Å². The van der Waals surface area contributed by atoms with Gasteiger partial charge in [0.05, 0.1) is 11.6 Å². The van der Waals surface area contributed by atoms with Gasteiger partial charge in [0, 0.05) is 0 Å². The molecule has 1 aromatic carbocycles. The highest BCUT2D eigenvalue weighted by Gasteiger charge is 2.24. The Balaban J connectivity index is 3.12. The maximum absolute atomic E-state index is 10.7. The van der Waals surface area contributed by atoms with Gasteiger partial charge in [-0.2, -0.15) is 5.26 Å². The number of hydrogen-bond acceptors (Lipinski definition) is 4. The van der Waals surface area contributed by atoms with Crippen molar-refractivity contribution >= 4 is 5.91 Å². The van der Waals surface area contributed by atoms with E-state index in [0.29, 0.717) is 16.7 Å². The number of nitrogens with two attached hydrogens (primary N) is 1. The first kappa shape index (κ1) is 12.2. The predicted octanol–water partition coefficient (Wildman–Crippen LogP) is -0.254. The van der Waals surface area contributed by atoms with Gasteiger partial charge in [-0.25, -0.2) is 0 Å². The molecule has 0 spiro atoms. The second-order valence-electron chi connectivity index (χ2n) is 3.48. The van der Waals surface area contributed by atoms with Gasteiger partial charge in [-0.05, 0) is 30.2 Å². The molecule has 0 bridgehead atoms. The van der Waals surface area contributed by atoms with Crippen LogP contribution >= 0.6 is 0 Å². The lowest BCUT2D eigenvalue weighted by Crippen LogP contribution is -2.34. The molecule has 5 heteroatoms. The third-order valence-corrected chi connectivity index (χ3v) is 2.32. The van der Waals surface area contributed by atoms with Crippen LogP contribution in [0.25, 0.3) is 0 Å². The minimum absolute atomic E-state index is 0.324. The van der Waals surface area contributed by atoms with E-state index in [1.54, 1.807) is 19.1 Å². The largest absolute Gasteiger partial charge is 0.385 e. The molecule has 0 aromatic heterocycles.